The van der Waals surface area contributed by atoms with Crippen LogP contribution in [0.2, 0.25) is 0 Å². The Morgan fingerprint density at radius 3 is 2.83 bits per heavy atom. The summed E-state index contributed by atoms with van der Waals surface area (Å²) >= 11 is 2.03. The van der Waals surface area contributed by atoms with Crippen LogP contribution in [0.4, 0.5) is 5.69 Å². The third-order valence-electron chi connectivity index (χ3n) is 2.69. The van der Waals surface area contributed by atoms with Gasteiger partial charge in [0.05, 0.1) is 11.3 Å². The van der Waals surface area contributed by atoms with Gasteiger partial charge >= 0.3 is 5.97 Å². The van der Waals surface area contributed by atoms with Crippen molar-refractivity contribution >= 4 is 40.2 Å². The smallest absolute Gasteiger partial charge is 0.337 e. The number of carbonyl (C=O) groups excluding carboxylic acids is 1. The predicted molar refractivity (Wildman–Crippen MR) is 73.7 cm³/mol. The van der Waals surface area contributed by atoms with Crippen molar-refractivity contribution in [1.29, 1.82) is 0 Å². The third kappa shape index (κ3) is 2.99. The molecule has 1 saturated heterocycles. The van der Waals surface area contributed by atoms with Crippen molar-refractivity contribution in [3.05, 3.63) is 27.3 Å². The van der Waals surface area contributed by atoms with Crippen LogP contribution in [0.25, 0.3) is 0 Å². The molecule has 0 aromatic heterocycles. The lowest BCUT2D eigenvalue weighted by atomic mass is 10.1. The second-order valence-electron chi connectivity index (χ2n) is 3.99. The number of nitrogens with one attached hydrogen (secondary N) is 1. The second-order valence-corrected chi connectivity index (χ2v) is 5.23. The van der Waals surface area contributed by atoms with E-state index >= 15 is 0 Å². The lowest BCUT2D eigenvalue weighted by molar-refractivity contribution is -0.124. The van der Waals surface area contributed by atoms with Crippen LogP contribution in [-0.4, -0.2) is 29.7 Å². The molecule has 1 fully saturated rings. The maximum atomic E-state index is 11.8. The lowest BCUT2D eigenvalue weighted by Gasteiger charge is -2.12. The summed E-state index contributed by atoms with van der Waals surface area (Å²) in [5.74, 6) is -1.34. The number of benzene rings is 1. The largest absolute Gasteiger partial charge is 0.478 e. The van der Waals surface area contributed by atoms with Crippen LogP contribution in [0.15, 0.2) is 18.2 Å². The van der Waals surface area contributed by atoms with E-state index in [1.807, 2.05) is 22.6 Å². The molecule has 0 spiro atoms. The number of amides is 1. The molecular formula is C12H12INO4. The van der Waals surface area contributed by atoms with Crippen LogP contribution < -0.4 is 5.32 Å². The van der Waals surface area contributed by atoms with Crippen molar-refractivity contribution in [2.75, 3.05) is 11.9 Å². The molecular weight excluding hydrogens is 349 g/mol. The third-order valence-corrected chi connectivity index (χ3v) is 3.36. The number of rotatable bonds is 3. The van der Waals surface area contributed by atoms with Crippen LogP contribution >= 0.6 is 22.6 Å². The Morgan fingerprint density at radius 1 is 1.44 bits per heavy atom. The highest BCUT2D eigenvalue weighted by Gasteiger charge is 2.24. The molecule has 0 bridgehead atoms. The molecule has 5 nitrogen and oxygen atoms in total. The molecule has 1 aliphatic heterocycles. The summed E-state index contributed by atoms with van der Waals surface area (Å²) in [4.78, 5) is 22.9. The molecule has 1 aliphatic rings. The number of anilines is 1. The fourth-order valence-electron chi connectivity index (χ4n) is 1.80. The van der Waals surface area contributed by atoms with Gasteiger partial charge in [-0.25, -0.2) is 4.79 Å². The highest BCUT2D eigenvalue weighted by atomic mass is 127. The average Bonchev–Trinajstić information content (AvgIpc) is 2.84. The maximum Gasteiger partial charge on any atom is 0.337 e. The fourth-order valence-corrected chi connectivity index (χ4v) is 2.29. The highest BCUT2D eigenvalue weighted by molar-refractivity contribution is 14.1. The molecule has 1 heterocycles. The first-order valence-electron chi connectivity index (χ1n) is 5.53. The fraction of sp³-hybridized carbons (Fsp3) is 0.333. The average molecular weight is 361 g/mol. The summed E-state index contributed by atoms with van der Waals surface area (Å²) in [5.41, 5.74) is 0.400. The number of carboxylic acids is 1. The van der Waals surface area contributed by atoms with E-state index in [1.54, 1.807) is 12.1 Å². The van der Waals surface area contributed by atoms with Crippen LogP contribution in [-0.2, 0) is 9.53 Å². The van der Waals surface area contributed by atoms with Gasteiger partial charge in [-0.2, -0.15) is 0 Å². The van der Waals surface area contributed by atoms with Crippen LogP contribution in [0.1, 0.15) is 23.2 Å². The van der Waals surface area contributed by atoms with Crippen molar-refractivity contribution in [3.63, 3.8) is 0 Å². The molecule has 2 N–H and O–H groups in total. The maximum absolute atomic E-state index is 11.8. The zero-order valence-corrected chi connectivity index (χ0v) is 11.6. The van der Waals surface area contributed by atoms with Crippen LogP contribution in [0.3, 0.4) is 0 Å². The Kier molecular flexibility index (Phi) is 4.18. The number of carboxylic acid groups (broad SMARTS) is 1. The quantitative estimate of drug-likeness (QED) is 0.809. The summed E-state index contributed by atoms with van der Waals surface area (Å²) in [6.07, 6.45) is 1.07. The Balaban J connectivity index is 2.17. The molecule has 0 radical (unpaired) electrons. The second kappa shape index (κ2) is 5.66. The van der Waals surface area contributed by atoms with Crippen molar-refractivity contribution in [1.82, 2.24) is 0 Å². The highest BCUT2D eigenvalue weighted by Crippen LogP contribution is 2.21. The predicted octanol–water partition coefficient (Wildman–Crippen LogP) is 2.11. The van der Waals surface area contributed by atoms with Gasteiger partial charge in [-0.15, -0.1) is 0 Å². The minimum Gasteiger partial charge on any atom is -0.478 e. The summed E-state index contributed by atoms with van der Waals surface area (Å²) in [6, 6.07) is 4.87. The first-order chi connectivity index (χ1) is 8.58. The van der Waals surface area contributed by atoms with E-state index in [0.717, 1.165) is 9.99 Å². The molecule has 2 rings (SSSR count). The number of ether oxygens (including phenoxy) is 1. The summed E-state index contributed by atoms with van der Waals surface area (Å²) in [7, 11) is 0. The molecule has 0 aliphatic carbocycles. The Hall–Kier alpha value is -1.15. The molecule has 18 heavy (non-hydrogen) atoms. The SMILES string of the molecule is O=C(O)c1cc(I)ccc1NC(=O)[C@H]1CCCO1. The van der Waals surface area contributed by atoms with Crippen molar-refractivity contribution in [2.24, 2.45) is 0 Å². The van der Waals surface area contributed by atoms with Gasteiger partial charge in [0, 0.05) is 10.2 Å². The lowest BCUT2D eigenvalue weighted by Crippen LogP contribution is -2.27. The first kappa shape index (κ1) is 13.3. The zero-order valence-electron chi connectivity index (χ0n) is 9.48. The van der Waals surface area contributed by atoms with Crippen LogP contribution in [0.5, 0.6) is 0 Å². The van der Waals surface area contributed by atoms with Gasteiger partial charge in [0.2, 0.25) is 0 Å². The van der Waals surface area contributed by atoms with Gasteiger partial charge in [0.25, 0.3) is 5.91 Å². The van der Waals surface area contributed by atoms with Crippen molar-refractivity contribution < 1.29 is 19.4 Å². The summed E-state index contributed by atoms with van der Waals surface area (Å²) < 4.78 is 6.06. The van der Waals surface area contributed by atoms with Gasteiger partial charge < -0.3 is 15.2 Å². The molecule has 1 aromatic rings. The van der Waals surface area contributed by atoms with E-state index in [0.29, 0.717) is 18.7 Å². The Labute approximate surface area is 118 Å². The van der Waals surface area contributed by atoms with Gasteiger partial charge in [0.15, 0.2) is 0 Å². The Morgan fingerprint density at radius 2 is 2.22 bits per heavy atom. The minimum atomic E-state index is -1.06. The first-order valence-corrected chi connectivity index (χ1v) is 6.61. The summed E-state index contributed by atoms with van der Waals surface area (Å²) in [5, 5.41) is 11.7. The topological polar surface area (TPSA) is 75.6 Å². The molecule has 6 heteroatoms. The molecule has 1 atom stereocenters. The minimum absolute atomic E-state index is 0.0910. The Bertz CT molecular complexity index is 483. The number of aromatic carboxylic acids is 1. The van der Waals surface area contributed by atoms with Gasteiger partial charge in [-0.05, 0) is 53.6 Å². The van der Waals surface area contributed by atoms with Crippen molar-refractivity contribution in [2.45, 2.75) is 18.9 Å². The van der Waals surface area contributed by atoms with E-state index < -0.39 is 12.1 Å². The number of hydrogen-bond donors (Lipinski definition) is 2. The molecule has 0 unspecified atom stereocenters. The normalized spacial score (nSPS) is 18.6. The molecule has 1 aromatic carbocycles. The van der Waals surface area contributed by atoms with Crippen molar-refractivity contribution in [3.8, 4) is 0 Å². The molecule has 96 valence electrons. The van der Waals surface area contributed by atoms with E-state index in [-0.39, 0.29) is 11.5 Å². The number of halogens is 1. The van der Waals surface area contributed by atoms with Gasteiger partial charge in [-0.1, -0.05) is 0 Å². The van der Waals surface area contributed by atoms with E-state index in [4.69, 9.17) is 9.84 Å². The molecule has 1 amide bonds. The summed E-state index contributed by atoms with van der Waals surface area (Å²) in [6.45, 7) is 0.580. The standard InChI is InChI=1S/C12H12INO4/c13-7-3-4-9(8(6-7)12(16)17)14-11(15)10-2-1-5-18-10/h3-4,6,10H,1-2,5H2,(H,14,15)(H,16,17)/t10-/m1/s1. The van der Waals surface area contributed by atoms with E-state index in [2.05, 4.69) is 5.32 Å². The van der Waals surface area contributed by atoms with Gasteiger partial charge in [0.1, 0.15) is 6.10 Å². The number of hydrogen-bond acceptors (Lipinski definition) is 3. The monoisotopic (exact) mass is 361 g/mol. The molecule has 0 saturated carbocycles. The van der Waals surface area contributed by atoms with Crippen LogP contribution in [0, 0.1) is 3.57 Å². The zero-order chi connectivity index (χ0) is 13.1. The van der Waals surface area contributed by atoms with E-state index in [1.165, 1.54) is 6.07 Å². The number of carbonyl (C=O) groups is 2. The van der Waals surface area contributed by atoms with Gasteiger partial charge in [-0.3, -0.25) is 4.79 Å². The van der Waals surface area contributed by atoms with E-state index in [9.17, 15) is 9.59 Å².